The summed E-state index contributed by atoms with van der Waals surface area (Å²) >= 11 is 1.82. The van der Waals surface area contributed by atoms with Crippen LogP contribution in [0.1, 0.15) is 19.3 Å². The van der Waals surface area contributed by atoms with Crippen molar-refractivity contribution in [2.45, 2.75) is 25.3 Å². The molecule has 0 unspecified atom stereocenters. The van der Waals surface area contributed by atoms with Crippen molar-refractivity contribution in [2.24, 2.45) is 4.99 Å². The average molecular weight is 530 g/mol. The molecule has 3 rings (SSSR count). The summed E-state index contributed by atoms with van der Waals surface area (Å²) in [6.07, 6.45) is 3.15. The Morgan fingerprint density at radius 1 is 1.17 bits per heavy atom. The van der Waals surface area contributed by atoms with Crippen LogP contribution in [-0.4, -0.2) is 52.4 Å². The van der Waals surface area contributed by atoms with Crippen LogP contribution in [0.25, 0.3) is 0 Å². The highest BCUT2D eigenvalue weighted by Gasteiger charge is 2.20. The SMILES string of the molecule is CN=C(NCCCOc1ccc(OC)cc1)NC1CCN(c2cccs2)CC1.I. The van der Waals surface area contributed by atoms with E-state index >= 15 is 0 Å². The van der Waals surface area contributed by atoms with Crippen LogP contribution in [0.3, 0.4) is 0 Å². The van der Waals surface area contributed by atoms with E-state index in [0.29, 0.717) is 12.6 Å². The smallest absolute Gasteiger partial charge is 0.191 e. The van der Waals surface area contributed by atoms with Crippen molar-refractivity contribution < 1.29 is 9.47 Å². The fourth-order valence-electron chi connectivity index (χ4n) is 3.22. The highest BCUT2D eigenvalue weighted by Crippen LogP contribution is 2.24. The van der Waals surface area contributed by atoms with Gasteiger partial charge in [-0.1, -0.05) is 0 Å². The number of guanidine groups is 1. The van der Waals surface area contributed by atoms with E-state index in [-0.39, 0.29) is 24.0 Å². The van der Waals surface area contributed by atoms with Crippen LogP contribution in [0.15, 0.2) is 46.8 Å². The molecule has 0 bridgehead atoms. The molecule has 2 heterocycles. The van der Waals surface area contributed by atoms with Gasteiger partial charge in [-0.3, -0.25) is 4.99 Å². The topological polar surface area (TPSA) is 58.1 Å². The highest BCUT2D eigenvalue weighted by atomic mass is 127. The number of rotatable bonds is 8. The summed E-state index contributed by atoms with van der Waals surface area (Å²) in [6.45, 7) is 3.66. The van der Waals surface area contributed by atoms with E-state index in [0.717, 1.165) is 56.4 Å². The minimum Gasteiger partial charge on any atom is -0.497 e. The normalized spacial score (nSPS) is 14.8. The molecular weight excluding hydrogens is 499 g/mol. The molecule has 29 heavy (non-hydrogen) atoms. The summed E-state index contributed by atoms with van der Waals surface area (Å²) in [5, 5.41) is 10.5. The van der Waals surface area contributed by atoms with Gasteiger partial charge in [0.15, 0.2) is 5.96 Å². The second-order valence-corrected chi connectivity index (χ2v) is 7.66. The van der Waals surface area contributed by atoms with Crippen LogP contribution < -0.4 is 25.0 Å². The highest BCUT2D eigenvalue weighted by molar-refractivity contribution is 14.0. The third-order valence-corrected chi connectivity index (χ3v) is 5.75. The number of halogens is 1. The van der Waals surface area contributed by atoms with Gasteiger partial charge in [-0.05, 0) is 61.0 Å². The van der Waals surface area contributed by atoms with Crippen molar-refractivity contribution >= 4 is 46.3 Å². The minimum absolute atomic E-state index is 0. The number of anilines is 1. The molecule has 1 fully saturated rings. The maximum Gasteiger partial charge on any atom is 0.191 e. The van der Waals surface area contributed by atoms with Gasteiger partial charge in [0.1, 0.15) is 11.5 Å². The molecule has 1 aliphatic heterocycles. The lowest BCUT2D eigenvalue weighted by atomic mass is 10.1. The van der Waals surface area contributed by atoms with Gasteiger partial charge in [0, 0.05) is 32.7 Å². The molecule has 1 aromatic heterocycles. The summed E-state index contributed by atoms with van der Waals surface area (Å²) in [5.41, 5.74) is 0. The monoisotopic (exact) mass is 530 g/mol. The standard InChI is InChI=1S/C21H30N4O2S.HI/c1-22-21(23-12-4-15-27-19-8-6-18(26-2)7-9-19)24-17-10-13-25(14-11-17)20-5-3-16-28-20;/h3,5-9,16-17H,4,10-15H2,1-2H3,(H2,22,23,24);1H. The van der Waals surface area contributed by atoms with Crippen LogP contribution in [0, 0.1) is 0 Å². The molecule has 0 aliphatic carbocycles. The molecule has 6 nitrogen and oxygen atoms in total. The quantitative estimate of drug-likeness (QED) is 0.234. The summed E-state index contributed by atoms with van der Waals surface area (Å²) in [4.78, 5) is 6.82. The van der Waals surface area contributed by atoms with Crippen molar-refractivity contribution in [2.75, 3.05) is 45.3 Å². The van der Waals surface area contributed by atoms with Gasteiger partial charge < -0.3 is 25.0 Å². The first-order valence-corrected chi connectivity index (χ1v) is 10.7. The lowest BCUT2D eigenvalue weighted by Crippen LogP contribution is -2.48. The predicted octanol–water partition coefficient (Wildman–Crippen LogP) is 3.98. The Labute approximate surface area is 194 Å². The van der Waals surface area contributed by atoms with Gasteiger partial charge in [-0.25, -0.2) is 0 Å². The van der Waals surface area contributed by atoms with Crippen molar-refractivity contribution in [3.63, 3.8) is 0 Å². The van der Waals surface area contributed by atoms with E-state index in [4.69, 9.17) is 9.47 Å². The third-order valence-electron chi connectivity index (χ3n) is 4.82. The van der Waals surface area contributed by atoms with Gasteiger partial charge in [-0.2, -0.15) is 0 Å². The number of hydrogen-bond acceptors (Lipinski definition) is 5. The first kappa shape index (κ1) is 23.6. The molecule has 2 aromatic rings. The second-order valence-electron chi connectivity index (χ2n) is 6.73. The number of nitrogens with zero attached hydrogens (tertiary/aromatic N) is 2. The summed E-state index contributed by atoms with van der Waals surface area (Å²) in [5.74, 6) is 2.57. The number of thiophene rings is 1. The zero-order valence-corrected chi connectivity index (χ0v) is 20.2. The number of benzene rings is 1. The van der Waals surface area contributed by atoms with E-state index in [9.17, 15) is 0 Å². The molecule has 0 spiro atoms. The molecule has 1 aromatic carbocycles. The third kappa shape index (κ3) is 7.58. The molecule has 0 saturated carbocycles. The van der Waals surface area contributed by atoms with Gasteiger partial charge in [-0.15, -0.1) is 35.3 Å². The minimum atomic E-state index is 0. The molecule has 2 N–H and O–H groups in total. The Bertz CT molecular complexity index is 717. The Kier molecular flexibility index (Phi) is 10.4. The van der Waals surface area contributed by atoms with Crippen LogP contribution in [0.4, 0.5) is 5.00 Å². The van der Waals surface area contributed by atoms with Gasteiger partial charge in [0.25, 0.3) is 0 Å². The summed E-state index contributed by atoms with van der Waals surface area (Å²) in [7, 11) is 3.49. The van der Waals surface area contributed by atoms with Crippen LogP contribution in [0.5, 0.6) is 11.5 Å². The number of methoxy groups -OCH3 is 1. The van der Waals surface area contributed by atoms with Crippen molar-refractivity contribution in [1.82, 2.24) is 10.6 Å². The Morgan fingerprint density at radius 2 is 1.90 bits per heavy atom. The van der Waals surface area contributed by atoms with Gasteiger partial charge in [0.2, 0.25) is 0 Å². The first-order valence-electron chi connectivity index (χ1n) is 9.81. The van der Waals surface area contributed by atoms with Crippen LogP contribution in [-0.2, 0) is 0 Å². The van der Waals surface area contributed by atoms with E-state index in [2.05, 4.69) is 38.0 Å². The maximum atomic E-state index is 5.76. The predicted molar refractivity (Wildman–Crippen MR) is 133 cm³/mol. The van der Waals surface area contributed by atoms with Crippen LogP contribution in [0.2, 0.25) is 0 Å². The number of hydrogen-bond donors (Lipinski definition) is 2. The zero-order chi connectivity index (χ0) is 19.6. The lowest BCUT2D eigenvalue weighted by Gasteiger charge is -2.33. The molecule has 0 atom stereocenters. The molecule has 0 amide bonds. The van der Waals surface area contributed by atoms with Crippen LogP contribution >= 0.6 is 35.3 Å². The zero-order valence-electron chi connectivity index (χ0n) is 17.1. The number of piperidine rings is 1. The van der Waals surface area contributed by atoms with E-state index in [1.807, 2.05) is 42.6 Å². The van der Waals surface area contributed by atoms with Gasteiger partial charge >= 0.3 is 0 Å². The Hall–Kier alpha value is -1.68. The molecule has 8 heteroatoms. The van der Waals surface area contributed by atoms with Crippen molar-refractivity contribution in [1.29, 1.82) is 0 Å². The van der Waals surface area contributed by atoms with Crippen molar-refractivity contribution in [3.8, 4) is 11.5 Å². The average Bonchev–Trinajstić information content (AvgIpc) is 3.28. The summed E-state index contributed by atoms with van der Waals surface area (Å²) < 4.78 is 10.9. The van der Waals surface area contributed by atoms with E-state index in [1.165, 1.54) is 5.00 Å². The Morgan fingerprint density at radius 3 is 2.52 bits per heavy atom. The lowest BCUT2D eigenvalue weighted by molar-refractivity contribution is 0.310. The first-order chi connectivity index (χ1) is 13.8. The maximum absolute atomic E-state index is 5.76. The molecule has 0 radical (unpaired) electrons. The van der Waals surface area contributed by atoms with Gasteiger partial charge in [0.05, 0.1) is 18.7 Å². The molecule has 1 saturated heterocycles. The number of aliphatic imine (C=N–C) groups is 1. The van der Waals surface area contributed by atoms with Crippen molar-refractivity contribution in [3.05, 3.63) is 41.8 Å². The molecule has 1 aliphatic rings. The van der Waals surface area contributed by atoms with E-state index < -0.39 is 0 Å². The number of nitrogens with one attached hydrogen (secondary N) is 2. The second kappa shape index (κ2) is 12.8. The molecular formula is C21H31IN4O2S. The van der Waals surface area contributed by atoms with E-state index in [1.54, 1.807) is 7.11 Å². The molecule has 160 valence electrons. The number of ether oxygens (including phenoxy) is 2. The Balaban J connectivity index is 0.00000300. The fraction of sp³-hybridized carbons (Fsp3) is 0.476. The fourth-order valence-corrected chi connectivity index (χ4v) is 4.01. The largest absolute Gasteiger partial charge is 0.497 e. The summed E-state index contributed by atoms with van der Waals surface area (Å²) in [6, 6.07) is 12.5.